The lowest BCUT2D eigenvalue weighted by Gasteiger charge is -2.32. The monoisotopic (exact) mass is 301 g/mol. The van der Waals surface area contributed by atoms with Crippen LogP contribution in [0.4, 0.5) is 0 Å². The molecule has 2 rings (SSSR count). The molecular weight excluding hydrogens is 274 g/mol. The van der Waals surface area contributed by atoms with E-state index in [4.69, 9.17) is 4.74 Å². The first-order chi connectivity index (χ1) is 10.6. The van der Waals surface area contributed by atoms with Gasteiger partial charge in [0.05, 0.1) is 19.5 Å². The molecule has 0 aliphatic rings. The molecule has 1 N–H and O–H groups in total. The number of hydrogen-bond acceptors (Lipinski definition) is 3. The summed E-state index contributed by atoms with van der Waals surface area (Å²) in [6.07, 6.45) is 7.83. The lowest BCUT2D eigenvalue weighted by molar-refractivity contribution is 0.311. The zero-order valence-electron chi connectivity index (χ0n) is 14.0. The molecule has 1 atom stereocenters. The minimum Gasteiger partial charge on any atom is -0.496 e. The van der Waals surface area contributed by atoms with Crippen molar-refractivity contribution >= 4 is 0 Å². The van der Waals surface area contributed by atoms with Crippen LogP contribution in [0.3, 0.4) is 0 Å². The second-order valence-electron chi connectivity index (χ2n) is 6.28. The van der Waals surface area contributed by atoms with Crippen molar-refractivity contribution in [1.29, 1.82) is 0 Å². The van der Waals surface area contributed by atoms with Crippen LogP contribution in [0.2, 0.25) is 0 Å². The predicted octanol–water partition coefficient (Wildman–Crippen LogP) is 3.65. The van der Waals surface area contributed by atoms with E-state index in [1.54, 1.807) is 7.11 Å². The van der Waals surface area contributed by atoms with Gasteiger partial charge in [-0.05, 0) is 39.3 Å². The largest absolute Gasteiger partial charge is 0.496 e. The van der Waals surface area contributed by atoms with E-state index in [-0.39, 0.29) is 11.6 Å². The molecule has 1 heterocycles. The Morgan fingerprint density at radius 2 is 2.09 bits per heavy atom. The zero-order chi connectivity index (χ0) is 16.0. The summed E-state index contributed by atoms with van der Waals surface area (Å²) in [5, 5.41) is 3.63. The Kier molecular flexibility index (Phi) is 5.61. The van der Waals surface area contributed by atoms with Crippen molar-refractivity contribution < 1.29 is 4.74 Å². The van der Waals surface area contributed by atoms with Crippen LogP contribution < -0.4 is 10.1 Å². The molecule has 0 aliphatic carbocycles. The SMILES string of the molecule is CCCNC(C)(C)CC(c1ccccc1OC)n1ccnc1. The maximum absolute atomic E-state index is 5.57. The Morgan fingerprint density at radius 1 is 1.32 bits per heavy atom. The van der Waals surface area contributed by atoms with Crippen molar-refractivity contribution in [3.05, 3.63) is 48.5 Å². The lowest BCUT2D eigenvalue weighted by Crippen LogP contribution is -2.41. The van der Waals surface area contributed by atoms with Crippen molar-refractivity contribution in [2.24, 2.45) is 0 Å². The average molecular weight is 301 g/mol. The van der Waals surface area contributed by atoms with E-state index in [9.17, 15) is 0 Å². The molecule has 120 valence electrons. The summed E-state index contributed by atoms with van der Waals surface area (Å²) in [6.45, 7) is 7.72. The van der Waals surface area contributed by atoms with Crippen molar-refractivity contribution in [1.82, 2.24) is 14.9 Å². The van der Waals surface area contributed by atoms with Crippen LogP contribution in [0.5, 0.6) is 5.75 Å². The molecule has 2 aromatic rings. The quantitative estimate of drug-likeness (QED) is 0.809. The molecule has 22 heavy (non-hydrogen) atoms. The van der Waals surface area contributed by atoms with Gasteiger partial charge in [0.15, 0.2) is 0 Å². The summed E-state index contributed by atoms with van der Waals surface area (Å²) in [6, 6.07) is 8.42. The number of aromatic nitrogens is 2. The Labute approximate surface area is 133 Å². The van der Waals surface area contributed by atoms with Crippen LogP contribution in [-0.2, 0) is 0 Å². The summed E-state index contributed by atoms with van der Waals surface area (Å²) in [5.74, 6) is 0.924. The fraction of sp³-hybridized carbons (Fsp3) is 0.500. The van der Waals surface area contributed by atoms with E-state index in [0.29, 0.717) is 0 Å². The van der Waals surface area contributed by atoms with Gasteiger partial charge < -0.3 is 14.6 Å². The van der Waals surface area contributed by atoms with Gasteiger partial charge >= 0.3 is 0 Å². The summed E-state index contributed by atoms with van der Waals surface area (Å²) in [4.78, 5) is 4.22. The number of imidazole rings is 1. The van der Waals surface area contributed by atoms with Gasteiger partial charge in [-0.15, -0.1) is 0 Å². The Morgan fingerprint density at radius 3 is 2.73 bits per heavy atom. The standard InChI is InChI=1S/C18H27N3O/c1-5-10-20-18(2,3)13-16(21-12-11-19-14-21)15-8-6-7-9-17(15)22-4/h6-9,11-12,14,16,20H,5,10,13H2,1-4H3. The van der Waals surface area contributed by atoms with Crippen molar-refractivity contribution in [3.63, 3.8) is 0 Å². The molecule has 0 saturated carbocycles. The molecule has 1 aromatic carbocycles. The third-order valence-electron chi connectivity index (χ3n) is 3.94. The van der Waals surface area contributed by atoms with Crippen LogP contribution in [0.1, 0.15) is 45.2 Å². The number of methoxy groups -OCH3 is 1. The minimum absolute atomic E-state index is 0.0335. The highest BCUT2D eigenvalue weighted by Crippen LogP contribution is 2.33. The molecule has 1 unspecified atom stereocenters. The number of hydrogen-bond donors (Lipinski definition) is 1. The molecule has 1 aromatic heterocycles. The highest BCUT2D eigenvalue weighted by molar-refractivity contribution is 5.36. The molecule has 0 amide bonds. The molecule has 0 fully saturated rings. The summed E-state index contributed by atoms with van der Waals surface area (Å²) in [7, 11) is 1.73. The third kappa shape index (κ3) is 4.10. The van der Waals surface area contributed by atoms with E-state index in [2.05, 4.69) is 47.8 Å². The number of rotatable bonds is 8. The number of benzene rings is 1. The van der Waals surface area contributed by atoms with Gasteiger partial charge in [-0.25, -0.2) is 4.98 Å². The summed E-state index contributed by atoms with van der Waals surface area (Å²) in [5.41, 5.74) is 1.22. The van der Waals surface area contributed by atoms with Crippen molar-refractivity contribution in [2.45, 2.75) is 45.2 Å². The van der Waals surface area contributed by atoms with E-state index < -0.39 is 0 Å². The fourth-order valence-corrected chi connectivity index (χ4v) is 2.79. The van der Waals surface area contributed by atoms with Crippen LogP contribution in [0.15, 0.2) is 43.0 Å². The first-order valence-electron chi connectivity index (χ1n) is 7.93. The molecule has 4 heteroatoms. The number of nitrogens with one attached hydrogen (secondary N) is 1. The van der Waals surface area contributed by atoms with Gasteiger partial charge in [0, 0.05) is 23.5 Å². The van der Waals surface area contributed by atoms with Gasteiger partial charge in [0.25, 0.3) is 0 Å². The Balaban J connectivity index is 2.32. The topological polar surface area (TPSA) is 39.1 Å². The van der Waals surface area contributed by atoms with E-state index in [1.807, 2.05) is 30.9 Å². The van der Waals surface area contributed by atoms with E-state index in [1.165, 1.54) is 5.56 Å². The molecule has 0 aliphatic heterocycles. The minimum atomic E-state index is 0.0335. The van der Waals surface area contributed by atoms with Crippen molar-refractivity contribution in [3.8, 4) is 5.75 Å². The number of nitrogens with zero attached hydrogens (tertiary/aromatic N) is 2. The fourth-order valence-electron chi connectivity index (χ4n) is 2.79. The second kappa shape index (κ2) is 7.45. The predicted molar refractivity (Wildman–Crippen MR) is 90.3 cm³/mol. The average Bonchev–Trinajstić information content (AvgIpc) is 3.05. The maximum Gasteiger partial charge on any atom is 0.124 e. The Hall–Kier alpha value is -1.81. The Bertz CT molecular complexity index is 563. The van der Waals surface area contributed by atoms with Gasteiger partial charge in [-0.1, -0.05) is 25.1 Å². The number of ether oxygens (including phenoxy) is 1. The third-order valence-corrected chi connectivity index (χ3v) is 3.94. The smallest absolute Gasteiger partial charge is 0.124 e. The molecule has 0 bridgehead atoms. The highest BCUT2D eigenvalue weighted by atomic mass is 16.5. The van der Waals surface area contributed by atoms with Crippen LogP contribution in [0, 0.1) is 0 Å². The maximum atomic E-state index is 5.57. The van der Waals surface area contributed by atoms with Crippen molar-refractivity contribution in [2.75, 3.05) is 13.7 Å². The molecule has 0 radical (unpaired) electrons. The molecule has 0 saturated heterocycles. The molecular formula is C18H27N3O. The van der Waals surface area contributed by atoms with E-state index >= 15 is 0 Å². The number of para-hydroxylation sites is 1. The zero-order valence-corrected chi connectivity index (χ0v) is 14.0. The van der Waals surface area contributed by atoms with Crippen LogP contribution >= 0.6 is 0 Å². The summed E-state index contributed by atoms with van der Waals surface area (Å²) < 4.78 is 7.73. The lowest BCUT2D eigenvalue weighted by atomic mass is 9.90. The van der Waals surface area contributed by atoms with E-state index in [0.717, 1.165) is 25.1 Å². The van der Waals surface area contributed by atoms with Gasteiger partial charge in [-0.3, -0.25) is 0 Å². The summed E-state index contributed by atoms with van der Waals surface area (Å²) >= 11 is 0. The van der Waals surface area contributed by atoms with Crippen LogP contribution in [0.25, 0.3) is 0 Å². The second-order valence-corrected chi connectivity index (χ2v) is 6.28. The highest BCUT2D eigenvalue weighted by Gasteiger charge is 2.26. The first-order valence-corrected chi connectivity index (χ1v) is 7.93. The molecule has 0 spiro atoms. The normalized spacial score (nSPS) is 13.1. The first kappa shape index (κ1) is 16.6. The van der Waals surface area contributed by atoms with Gasteiger partial charge in [-0.2, -0.15) is 0 Å². The van der Waals surface area contributed by atoms with Gasteiger partial charge in [0.1, 0.15) is 5.75 Å². The van der Waals surface area contributed by atoms with Gasteiger partial charge in [0.2, 0.25) is 0 Å². The van der Waals surface area contributed by atoms with Crippen LogP contribution in [-0.4, -0.2) is 28.7 Å². The molecule has 4 nitrogen and oxygen atoms in total.